The summed E-state index contributed by atoms with van der Waals surface area (Å²) in [5, 5.41) is 13.1. The van der Waals surface area contributed by atoms with Crippen LogP contribution in [0.5, 0.6) is 0 Å². The van der Waals surface area contributed by atoms with Gasteiger partial charge in [0.15, 0.2) is 0 Å². The summed E-state index contributed by atoms with van der Waals surface area (Å²) in [7, 11) is -2.93. The molecule has 2 N–H and O–H groups in total. The number of aromatic nitrogens is 2. The summed E-state index contributed by atoms with van der Waals surface area (Å²) in [4.78, 5) is 38.4. The number of carboxylic acids is 1. The van der Waals surface area contributed by atoms with Gasteiger partial charge in [-0.15, -0.1) is 0 Å². The molecule has 3 heterocycles. The third kappa shape index (κ3) is 2.81. The first kappa shape index (κ1) is 22.3. The van der Waals surface area contributed by atoms with Gasteiger partial charge < -0.3 is 15.0 Å². The van der Waals surface area contributed by atoms with E-state index in [9.17, 15) is 27.9 Å². The van der Waals surface area contributed by atoms with Crippen LogP contribution in [0.15, 0.2) is 70.5 Å². The molecule has 1 amide bonds. The van der Waals surface area contributed by atoms with E-state index in [1.807, 2.05) is 24.3 Å². The topological polar surface area (TPSA) is 127 Å². The number of fused-ring (bicyclic) bond motifs is 3. The molecule has 1 aliphatic heterocycles. The fraction of sp³-hybridized carbons (Fsp3) is 0.192. The van der Waals surface area contributed by atoms with Crippen LogP contribution in [0.25, 0.3) is 10.9 Å². The first-order valence-corrected chi connectivity index (χ1v) is 12.7. The first-order valence-electron chi connectivity index (χ1n) is 11.3. The third-order valence-corrected chi connectivity index (χ3v) is 9.03. The summed E-state index contributed by atoms with van der Waals surface area (Å²) in [5.41, 5.74) is 0.661. The van der Waals surface area contributed by atoms with Crippen molar-refractivity contribution in [2.75, 3.05) is 5.32 Å². The van der Waals surface area contributed by atoms with E-state index >= 15 is 0 Å². The van der Waals surface area contributed by atoms with Gasteiger partial charge >= 0.3 is 5.97 Å². The van der Waals surface area contributed by atoms with Crippen LogP contribution in [-0.4, -0.2) is 33.9 Å². The number of carbonyl (C=O) groups excluding carboxylic acids is 1. The first-order chi connectivity index (χ1) is 17.1. The van der Waals surface area contributed by atoms with Gasteiger partial charge in [0.1, 0.15) is 11.2 Å². The van der Waals surface area contributed by atoms with E-state index < -0.39 is 32.7 Å². The highest BCUT2D eigenvalue weighted by Crippen LogP contribution is 2.65. The molecule has 1 aliphatic carbocycles. The highest BCUT2D eigenvalue weighted by molar-refractivity contribution is 7.90. The molecule has 0 bridgehead atoms. The number of anilines is 1. The monoisotopic (exact) mass is 503 g/mol. The maximum Gasteiger partial charge on any atom is 0.353 e. The molecule has 0 radical (unpaired) electrons. The molecule has 2 aromatic heterocycles. The van der Waals surface area contributed by atoms with Crippen molar-refractivity contribution in [3.8, 4) is 0 Å². The van der Waals surface area contributed by atoms with Gasteiger partial charge in [0, 0.05) is 30.2 Å². The van der Waals surface area contributed by atoms with E-state index in [-0.39, 0.29) is 27.6 Å². The van der Waals surface area contributed by atoms with E-state index in [2.05, 4.69) is 5.32 Å². The molecule has 2 atom stereocenters. The zero-order valence-electron chi connectivity index (χ0n) is 19.3. The Morgan fingerprint density at radius 2 is 1.81 bits per heavy atom. The van der Waals surface area contributed by atoms with Crippen LogP contribution < -0.4 is 10.9 Å². The molecule has 1 saturated carbocycles. The van der Waals surface area contributed by atoms with Crippen LogP contribution in [-0.2, 0) is 27.3 Å². The fourth-order valence-electron chi connectivity index (χ4n) is 5.44. The molecular formula is C26H21N3O6S. The molecule has 1 spiro atoms. The van der Waals surface area contributed by atoms with Crippen molar-refractivity contribution < 1.29 is 23.1 Å². The second-order valence-corrected chi connectivity index (χ2v) is 11.2. The summed E-state index contributed by atoms with van der Waals surface area (Å²) >= 11 is 0. The lowest BCUT2D eigenvalue weighted by Crippen LogP contribution is -2.26. The highest BCUT2D eigenvalue weighted by atomic mass is 32.2. The van der Waals surface area contributed by atoms with Crippen molar-refractivity contribution in [2.24, 2.45) is 7.05 Å². The smallest absolute Gasteiger partial charge is 0.353 e. The second-order valence-electron chi connectivity index (χ2n) is 9.41. The number of benzene rings is 2. The summed E-state index contributed by atoms with van der Waals surface area (Å²) in [6.07, 6.45) is 2.04. The van der Waals surface area contributed by atoms with Crippen molar-refractivity contribution in [1.29, 1.82) is 0 Å². The largest absolute Gasteiger partial charge is 0.477 e. The van der Waals surface area contributed by atoms with Gasteiger partial charge in [-0.3, -0.25) is 9.59 Å². The molecule has 4 aromatic rings. The molecule has 1 fully saturated rings. The summed E-state index contributed by atoms with van der Waals surface area (Å²) in [6, 6.07) is 14.6. The van der Waals surface area contributed by atoms with Crippen LogP contribution in [0.3, 0.4) is 0 Å². The van der Waals surface area contributed by atoms with Crippen LogP contribution in [0, 0.1) is 6.92 Å². The summed E-state index contributed by atoms with van der Waals surface area (Å²) in [5.74, 6) is -2.00. The number of carboxylic acid groups (broad SMARTS) is 1. The number of aromatic carboxylic acids is 1. The molecular weight excluding hydrogens is 482 g/mol. The van der Waals surface area contributed by atoms with Gasteiger partial charge in [0.2, 0.25) is 5.91 Å². The molecule has 36 heavy (non-hydrogen) atoms. The molecule has 182 valence electrons. The van der Waals surface area contributed by atoms with Crippen LogP contribution in [0.1, 0.15) is 39.5 Å². The Bertz CT molecular complexity index is 1800. The Morgan fingerprint density at radius 1 is 1.11 bits per heavy atom. The Balaban J connectivity index is 1.63. The lowest BCUT2D eigenvalue weighted by Gasteiger charge is -2.13. The van der Waals surface area contributed by atoms with E-state index in [1.165, 1.54) is 29.8 Å². The molecule has 10 heteroatoms. The van der Waals surface area contributed by atoms with Crippen molar-refractivity contribution in [3.05, 3.63) is 93.5 Å². The van der Waals surface area contributed by atoms with Crippen LogP contribution in [0.2, 0.25) is 0 Å². The number of carbonyl (C=O) groups is 2. The van der Waals surface area contributed by atoms with Gasteiger partial charge in [-0.2, -0.15) is 0 Å². The molecule has 0 unspecified atom stereocenters. The highest BCUT2D eigenvalue weighted by Gasteiger charge is 2.65. The van der Waals surface area contributed by atoms with Gasteiger partial charge in [0.25, 0.3) is 15.6 Å². The maximum absolute atomic E-state index is 13.7. The zero-order chi connectivity index (χ0) is 25.6. The van der Waals surface area contributed by atoms with Crippen LogP contribution in [0.4, 0.5) is 5.69 Å². The Hall–Kier alpha value is -4.18. The lowest BCUT2D eigenvalue weighted by atomic mass is 9.91. The van der Waals surface area contributed by atoms with Crippen LogP contribution >= 0.6 is 0 Å². The maximum atomic E-state index is 13.7. The predicted molar refractivity (Wildman–Crippen MR) is 132 cm³/mol. The SMILES string of the molecule is Cc1ccc(S(=O)(=O)n2c(C(=O)O)cc3c([C@@H]4C[C@@]45C(=O)Nc4ccccc45)cn(C)c(=O)c32)cc1. The second kappa shape index (κ2) is 7.17. The number of pyridine rings is 1. The van der Waals surface area contributed by atoms with E-state index in [1.54, 1.807) is 25.3 Å². The predicted octanol–water partition coefficient (Wildman–Crippen LogP) is 2.96. The minimum atomic E-state index is -4.42. The number of amides is 1. The Kier molecular flexibility index (Phi) is 4.44. The standard InChI is InChI=1S/C26H21N3O6S/c1-14-7-9-15(10-8-14)36(34,35)29-21(24(31)32)11-16-17(13-28(2)23(30)22(16)29)19-12-26(19)18-5-3-4-6-20(18)27-25(26)33/h3-11,13,19H,12H2,1-2H3,(H,27,33)(H,31,32)/t19-,26-/m0/s1. The van der Waals surface area contributed by atoms with Gasteiger partial charge in [0.05, 0.1) is 10.3 Å². The average Bonchev–Trinajstić information content (AvgIpc) is 3.34. The van der Waals surface area contributed by atoms with Crippen molar-refractivity contribution in [1.82, 2.24) is 8.54 Å². The Labute approximate surface area is 205 Å². The normalized spacial score (nSPS) is 20.5. The van der Waals surface area contributed by atoms with Gasteiger partial charge in [-0.25, -0.2) is 17.2 Å². The third-order valence-electron chi connectivity index (χ3n) is 7.30. The number of hydrogen-bond acceptors (Lipinski definition) is 5. The number of nitrogens with zero attached hydrogens (tertiary/aromatic N) is 2. The summed E-state index contributed by atoms with van der Waals surface area (Å²) in [6.45, 7) is 1.80. The lowest BCUT2D eigenvalue weighted by molar-refractivity contribution is -0.118. The number of nitrogens with one attached hydrogen (secondary N) is 1. The molecule has 2 aliphatic rings. The van der Waals surface area contributed by atoms with Gasteiger partial charge in [-0.05, 0) is 48.7 Å². The number of rotatable bonds is 4. The molecule has 2 aromatic carbocycles. The number of hydrogen-bond donors (Lipinski definition) is 2. The minimum Gasteiger partial charge on any atom is -0.477 e. The number of para-hydroxylation sites is 1. The average molecular weight is 504 g/mol. The fourth-order valence-corrected chi connectivity index (χ4v) is 6.93. The molecule has 0 saturated heterocycles. The molecule has 9 nitrogen and oxygen atoms in total. The number of aryl methyl sites for hydroxylation is 2. The van der Waals surface area contributed by atoms with E-state index in [0.29, 0.717) is 16.0 Å². The van der Waals surface area contributed by atoms with Crippen molar-refractivity contribution >= 4 is 38.5 Å². The zero-order valence-corrected chi connectivity index (χ0v) is 20.2. The van der Waals surface area contributed by atoms with Crippen molar-refractivity contribution in [3.63, 3.8) is 0 Å². The van der Waals surface area contributed by atoms with E-state index in [0.717, 1.165) is 16.8 Å². The summed E-state index contributed by atoms with van der Waals surface area (Å²) < 4.78 is 29.2. The molecule has 6 rings (SSSR count). The van der Waals surface area contributed by atoms with Crippen molar-refractivity contribution in [2.45, 2.75) is 29.6 Å². The Morgan fingerprint density at radius 3 is 2.50 bits per heavy atom. The minimum absolute atomic E-state index is 0.132. The quantitative estimate of drug-likeness (QED) is 0.441. The van der Waals surface area contributed by atoms with Gasteiger partial charge in [-0.1, -0.05) is 35.9 Å². The van der Waals surface area contributed by atoms with E-state index in [4.69, 9.17) is 0 Å².